The van der Waals surface area contributed by atoms with Crippen LogP contribution in [0.15, 0.2) is 59.7 Å². The fraction of sp³-hybridized carbons (Fsp3) is 0.308. The van der Waals surface area contributed by atoms with E-state index < -0.39 is 18.0 Å². The zero-order valence-electron chi connectivity index (χ0n) is 19.6. The minimum absolute atomic E-state index is 0.119. The van der Waals surface area contributed by atoms with Crippen molar-refractivity contribution in [3.8, 4) is 5.69 Å². The number of carbonyl (C=O) groups excluding carboxylic acids is 1. The van der Waals surface area contributed by atoms with Crippen molar-refractivity contribution in [1.82, 2.24) is 24.4 Å². The normalized spacial score (nSPS) is 17.9. The number of benzene rings is 1. The zero-order chi connectivity index (χ0) is 26.1. The molecule has 0 aliphatic heterocycles. The van der Waals surface area contributed by atoms with Crippen LogP contribution >= 0.6 is 23.2 Å². The van der Waals surface area contributed by atoms with E-state index in [0.717, 1.165) is 19.0 Å². The number of alkyl halides is 2. The van der Waals surface area contributed by atoms with Gasteiger partial charge >= 0.3 is 5.69 Å². The number of amides is 1. The summed E-state index contributed by atoms with van der Waals surface area (Å²) in [6, 6.07) is 11.8. The lowest BCUT2D eigenvalue weighted by Crippen LogP contribution is -2.39. The molecule has 192 valence electrons. The molecule has 0 atom stereocenters. The highest BCUT2D eigenvalue weighted by atomic mass is 35.5. The number of nitrogens with zero attached hydrogens (tertiary/aromatic N) is 4. The Labute approximate surface area is 221 Å². The van der Waals surface area contributed by atoms with Crippen molar-refractivity contribution in [2.45, 2.75) is 44.7 Å². The van der Waals surface area contributed by atoms with Gasteiger partial charge < -0.3 is 5.32 Å². The van der Waals surface area contributed by atoms with Gasteiger partial charge in [-0.15, -0.1) is 0 Å². The minimum atomic E-state index is -2.88. The molecule has 1 saturated carbocycles. The van der Waals surface area contributed by atoms with Gasteiger partial charge in [0.1, 0.15) is 5.69 Å². The molecule has 0 unspecified atom stereocenters. The Hall–Kier alpha value is -3.30. The summed E-state index contributed by atoms with van der Waals surface area (Å²) in [7, 11) is 0. The summed E-state index contributed by atoms with van der Waals surface area (Å²) < 4.78 is 29.9. The molecule has 1 amide bonds. The molecule has 7 nitrogen and oxygen atoms in total. The second-order valence-electron chi connectivity index (χ2n) is 9.10. The van der Waals surface area contributed by atoms with Crippen LogP contribution in [-0.4, -0.2) is 31.1 Å². The molecule has 0 bridgehead atoms. The quantitative estimate of drug-likeness (QED) is 0.331. The highest BCUT2D eigenvalue weighted by Crippen LogP contribution is 2.29. The number of pyridine rings is 2. The van der Waals surface area contributed by atoms with E-state index in [2.05, 4.69) is 15.3 Å². The van der Waals surface area contributed by atoms with Gasteiger partial charge in [-0.2, -0.15) is 0 Å². The van der Waals surface area contributed by atoms with Crippen LogP contribution in [0.25, 0.3) is 16.9 Å². The molecule has 0 radical (unpaired) electrons. The summed E-state index contributed by atoms with van der Waals surface area (Å²) >= 11 is 12.3. The van der Waals surface area contributed by atoms with E-state index in [4.69, 9.17) is 23.2 Å². The average Bonchev–Trinajstić information content (AvgIpc) is 3.16. The van der Waals surface area contributed by atoms with E-state index in [1.807, 2.05) is 18.2 Å². The predicted octanol–water partition coefficient (Wildman–Crippen LogP) is 5.82. The molecule has 1 aromatic carbocycles. The Kier molecular flexibility index (Phi) is 7.26. The maximum atomic E-state index is 13.5. The predicted molar refractivity (Wildman–Crippen MR) is 138 cm³/mol. The van der Waals surface area contributed by atoms with Crippen molar-refractivity contribution in [3.05, 3.63) is 86.6 Å². The molecule has 5 rings (SSSR count). The Balaban J connectivity index is 1.31. The van der Waals surface area contributed by atoms with E-state index in [0.29, 0.717) is 41.3 Å². The molecule has 3 aromatic heterocycles. The second kappa shape index (κ2) is 10.6. The lowest BCUT2D eigenvalue weighted by atomic mass is 9.86. The van der Waals surface area contributed by atoms with E-state index in [-0.39, 0.29) is 28.2 Å². The number of halogens is 4. The van der Waals surface area contributed by atoms with Crippen LogP contribution in [0.4, 0.5) is 8.78 Å². The van der Waals surface area contributed by atoms with Gasteiger partial charge in [0.05, 0.1) is 26.8 Å². The van der Waals surface area contributed by atoms with Crippen molar-refractivity contribution in [3.63, 3.8) is 0 Å². The van der Waals surface area contributed by atoms with Crippen LogP contribution in [0.5, 0.6) is 0 Å². The molecule has 4 aromatic rings. The van der Waals surface area contributed by atoms with Crippen LogP contribution in [0.3, 0.4) is 0 Å². The molecule has 0 saturated heterocycles. The summed E-state index contributed by atoms with van der Waals surface area (Å²) in [6.07, 6.45) is 2.68. The molecule has 11 heteroatoms. The molecule has 1 aliphatic rings. The van der Waals surface area contributed by atoms with Crippen LogP contribution in [0.2, 0.25) is 10.0 Å². The summed E-state index contributed by atoms with van der Waals surface area (Å²) in [5.41, 5.74) is 0.829. The summed E-state index contributed by atoms with van der Waals surface area (Å²) in [5, 5.41) is 3.43. The maximum absolute atomic E-state index is 13.5. The Morgan fingerprint density at radius 1 is 1.08 bits per heavy atom. The monoisotopic (exact) mass is 545 g/mol. The fourth-order valence-electron chi connectivity index (χ4n) is 4.93. The lowest BCUT2D eigenvalue weighted by molar-refractivity contribution is 0.0904. The molecule has 37 heavy (non-hydrogen) atoms. The number of para-hydroxylation sites is 1. The number of aromatic nitrogens is 4. The van der Waals surface area contributed by atoms with Gasteiger partial charge in [0, 0.05) is 25.0 Å². The molecule has 1 fully saturated rings. The third-order valence-electron chi connectivity index (χ3n) is 6.74. The van der Waals surface area contributed by atoms with E-state index in [1.54, 1.807) is 33.5 Å². The first-order valence-electron chi connectivity index (χ1n) is 11.9. The molecular weight excluding hydrogens is 523 g/mol. The molecular formula is C26H23Cl2F2N5O2. The van der Waals surface area contributed by atoms with E-state index in [1.165, 1.54) is 6.07 Å². The Morgan fingerprint density at radius 2 is 1.84 bits per heavy atom. The highest BCUT2D eigenvalue weighted by molar-refractivity contribution is 6.32. The largest absolute Gasteiger partial charge is 0.349 e. The second-order valence-corrected chi connectivity index (χ2v) is 9.95. The zero-order valence-corrected chi connectivity index (χ0v) is 21.1. The number of fused-ring (bicyclic) bond motifs is 1. The number of hydrogen-bond acceptors (Lipinski definition) is 4. The molecule has 1 aliphatic carbocycles. The molecule has 1 N–H and O–H groups in total. The number of nitrogens with one attached hydrogen (secondary N) is 1. The van der Waals surface area contributed by atoms with Gasteiger partial charge in [-0.25, -0.2) is 18.6 Å². The molecule has 3 heterocycles. The van der Waals surface area contributed by atoms with Gasteiger partial charge in [0.15, 0.2) is 5.65 Å². The van der Waals surface area contributed by atoms with Crippen molar-refractivity contribution in [2.75, 3.05) is 0 Å². The Bertz CT molecular complexity index is 1510. The maximum Gasteiger partial charge on any atom is 0.335 e. The standard InChI is InChI=1S/C26H23Cl2F2N5O2/c27-16-12-18(22(23(29)30)32-13-16)25(36)33-17-9-7-15(8-10-17)14-34-24-21(6-3-11-31-24)35(26(34)37)20-5-2-1-4-19(20)28/h1-6,11-13,15,17,23H,7-10,14H2,(H,33,36). The van der Waals surface area contributed by atoms with Crippen molar-refractivity contribution in [2.24, 2.45) is 5.92 Å². The SMILES string of the molecule is O=C(NC1CCC(Cn2c(=O)n(-c3ccccc3Cl)c3cccnc32)CC1)c1cc(Cl)cnc1C(F)F. The number of rotatable bonds is 6. The molecule has 0 spiro atoms. The number of carbonyl (C=O) groups is 1. The third kappa shape index (κ3) is 5.10. The Morgan fingerprint density at radius 3 is 2.57 bits per heavy atom. The van der Waals surface area contributed by atoms with Crippen LogP contribution in [-0.2, 0) is 6.54 Å². The first-order valence-corrected chi connectivity index (χ1v) is 12.6. The smallest absolute Gasteiger partial charge is 0.335 e. The van der Waals surface area contributed by atoms with Crippen molar-refractivity contribution < 1.29 is 13.6 Å². The van der Waals surface area contributed by atoms with Crippen molar-refractivity contribution >= 4 is 40.3 Å². The van der Waals surface area contributed by atoms with Crippen LogP contribution in [0.1, 0.15) is 48.2 Å². The topological polar surface area (TPSA) is 81.8 Å². The minimum Gasteiger partial charge on any atom is -0.349 e. The van der Waals surface area contributed by atoms with Gasteiger partial charge in [0.25, 0.3) is 12.3 Å². The van der Waals surface area contributed by atoms with Gasteiger partial charge in [-0.05, 0) is 61.9 Å². The first kappa shape index (κ1) is 25.4. The van der Waals surface area contributed by atoms with Crippen molar-refractivity contribution in [1.29, 1.82) is 0 Å². The van der Waals surface area contributed by atoms with E-state index >= 15 is 0 Å². The highest BCUT2D eigenvalue weighted by Gasteiger charge is 2.27. The first-order chi connectivity index (χ1) is 17.8. The van der Waals surface area contributed by atoms with Crippen LogP contribution in [0, 0.1) is 5.92 Å². The summed E-state index contributed by atoms with van der Waals surface area (Å²) in [4.78, 5) is 34.3. The lowest BCUT2D eigenvalue weighted by Gasteiger charge is -2.29. The summed E-state index contributed by atoms with van der Waals surface area (Å²) in [6.45, 7) is 0.470. The van der Waals surface area contributed by atoms with Crippen LogP contribution < -0.4 is 11.0 Å². The number of hydrogen-bond donors (Lipinski definition) is 1. The van der Waals surface area contributed by atoms with Gasteiger partial charge in [0.2, 0.25) is 0 Å². The third-order valence-corrected chi connectivity index (χ3v) is 7.26. The summed E-state index contributed by atoms with van der Waals surface area (Å²) in [5.74, 6) is -0.431. The average molecular weight is 546 g/mol. The fourth-order valence-corrected chi connectivity index (χ4v) is 5.31. The number of imidazole rings is 1. The van der Waals surface area contributed by atoms with Gasteiger partial charge in [-0.1, -0.05) is 35.3 Å². The van der Waals surface area contributed by atoms with Gasteiger partial charge in [-0.3, -0.25) is 18.9 Å². The van der Waals surface area contributed by atoms with E-state index in [9.17, 15) is 18.4 Å².